The van der Waals surface area contributed by atoms with Gasteiger partial charge in [-0.3, -0.25) is 0 Å². The van der Waals surface area contributed by atoms with Crippen LogP contribution < -0.4 is 0 Å². The van der Waals surface area contributed by atoms with Gasteiger partial charge in [-0.15, -0.1) is 11.6 Å². The largest absolute Gasteiger partial charge is 0.459 e. The van der Waals surface area contributed by atoms with Gasteiger partial charge in [0.1, 0.15) is 6.61 Å². The Balaban J connectivity index is 1.73. The highest BCUT2D eigenvalue weighted by Gasteiger charge is 2.34. The van der Waals surface area contributed by atoms with Crippen LogP contribution in [0.5, 0.6) is 0 Å². The van der Waals surface area contributed by atoms with Gasteiger partial charge < -0.3 is 4.74 Å². The van der Waals surface area contributed by atoms with Gasteiger partial charge >= 0.3 is 5.97 Å². The normalized spacial score (nSPS) is 13.5. The number of ether oxygens (including phenoxy) is 1. The van der Waals surface area contributed by atoms with Crippen LogP contribution in [0.2, 0.25) is 0 Å². The van der Waals surface area contributed by atoms with E-state index in [9.17, 15) is 13.2 Å². The Kier molecular flexibility index (Phi) is 6.10. The van der Waals surface area contributed by atoms with Crippen LogP contribution in [0.1, 0.15) is 18.1 Å². The maximum absolute atomic E-state index is 12.5. The third-order valence-corrected chi connectivity index (χ3v) is 6.14. The van der Waals surface area contributed by atoms with E-state index in [-0.39, 0.29) is 11.5 Å². The molecule has 0 radical (unpaired) electrons. The number of esters is 1. The summed E-state index contributed by atoms with van der Waals surface area (Å²) in [7, 11) is -3.23. The molecule has 29 heavy (non-hydrogen) atoms. The van der Waals surface area contributed by atoms with Gasteiger partial charge in [-0.25, -0.2) is 13.2 Å². The first-order chi connectivity index (χ1) is 13.7. The number of carbonyl (C=O) groups is 1. The van der Waals surface area contributed by atoms with E-state index in [0.29, 0.717) is 5.56 Å². The van der Waals surface area contributed by atoms with E-state index in [0.717, 1.165) is 16.7 Å². The molecule has 1 atom stereocenters. The van der Waals surface area contributed by atoms with Crippen molar-refractivity contribution in [1.29, 1.82) is 0 Å². The summed E-state index contributed by atoms with van der Waals surface area (Å²) < 4.78 is 28.5. The van der Waals surface area contributed by atoms with E-state index >= 15 is 0 Å². The van der Waals surface area contributed by atoms with Crippen LogP contribution in [0.3, 0.4) is 0 Å². The van der Waals surface area contributed by atoms with E-state index < -0.39 is 20.7 Å². The molecule has 0 spiro atoms. The molecule has 0 bridgehead atoms. The molecule has 3 aromatic carbocycles. The van der Waals surface area contributed by atoms with Crippen molar-refractivity contribution in [3.63, 3.8) is 0 Å². The van der Waals surface area contributed by atoms with E-state index in [1.54, 1.807) is 43.3 Å². The third kappa shape index (κ3) is 5.05. The molecular formula is C23H21ClO4S. The van der Waals surface area contributed by atoms with Crippen LogP contribution in [-0.2, 0) is 30.8 Å². The molecule has 6 heteroatoms. The van der Waals surface area contributed by atoms with Crippen molar-refractivity contribution in [2.24, 2.45) is 0 Å². The van der Waals surface area contributed by atoms with E-state index in [1.165, 1.54) is 6.26 Å². The number of alkyl halides is 1. The van der Waals surface area contributed by atoms with E-state index in [1.807, 2.05) is 42.5 Å². The molecule has 0 heterocycles. The zero-order valence-electron chi connectivity index (χ0n) is 16.1. The Hall–Kier alpha value is -2.63. The highest BCUT2D eigenvalue weighted by Crippen LogP contribution is 2.32. The maximum Gasteiger partial charge on any atom is 0.331 e. The molecule has 3 aromatic rings. The Labute approximate surface area is 176 Å². The van der Waals surface area contributed by atoms with Gasteiger partial charge in [0.15, 0.2) is 14.7 Å². The number of hydrogen-bond donors (Lipinski definition) is 0. The summed E-state index contributed by atoms with van der Waals surface area (Å²) >= 11 is 6.51. The highest BCUT2D eigenvalue weighted by molar-refractivity contribution is 7.90. The minimum Gasteiger partial charge on any atom is -0.459 e. The predicted molar refractivity (Wildman–Crippen MR) is 114 cm³/mol. The lowest BCUT2D eigenvalue weighted by atomic mass is 9.97. The lowest BCUT2D eigenvalue weighted by molar-refractivity contribution is -0.148. The lowest BCUT2D eigenvalue weighted by Crippen LogP contribution is -2.28. The molecular weight excluding hydrogens is 408 g/mol. The zero-order chi connectivity index (χ0) is 21.1. The van der Waals surface area contributed by atoms with Crippen molar-refractivity contribution in [2.45, 2.75) is 23.3 Å². The molecule has 0 amide bonds. The van der Waals surface area contributed by atoms with Crippen LogP contribution in [0.4, 0.5) is 0 Å². The lowest BCUT2D eigenvalue weighted by Gasteiger charge is -2.21. The average Bonchev–Trinajstić information content (AvgIpc) is 2.72. The topological polar surface area (TPSA) is 60.4 Å². The Morgan fingerprint density at radius 2 is 1.41 bits per heavy atom. The van der Waals surface area contributed by atoms with Crippen LogP contribution in [0, 0.1) is 0 Å². The fraction of sp³-hybridized carbons (Fsp3) is 0.174. The number of sulfone groups is 1. The van der Waals surface area contributed by atoms with E-state index in [2.05, 4.69) is 0 Å². The molecule has 0 aliphatic rings. The fourth-order valence-electron chi connectivity index (χ4n) is 2.85. The summed E-state index contributed by atoms with van der Waals surface area (Å²) in [4.78, 5) is 11.5. The Morgan fingerprint density at radius 3 is 1.93 bits per heavy atom. The molecule has 1 unspecified atom stereocenters. The highest BCUT2D eigenvalue weighted by atomic mass is 35.5. The maximum atomic E-state index is 12.5. The predicted octanol–water partition coefficient (Wildman–Crippen LogP) is 4.95. The van der Waals surface area contributed by atoms with Gasteiger partial charge in [0.2, 0.25) is 0 Å². The SMILES string of the molecule is CC(Cl)(C(=O)OCc1ccccc1)c1ccc(-c2ccc(S(C)(=O)=O)cc2)cc1. The quantitative estimate of drug-likeness (QED) is 0.411. The zero-order valence-corrected chi connectivity index (χ0v) is 17.7. The summed E-state index contributed by atoms with van der Waals surface area (Å²) in [5.74, 6) is -0.520. The molecule has 0 aromatic heterocycles. The van der Waals surface area contributed by atoms with Crippen molar-refractivity contribution in [3.8, 4) is 11.1 Å². The smallest absolute Gasteiger partial charge is 0.331 e. The second-order valence-electron chi connectivity index (χ2n) is 6.94. The standard InChI is InChI=1S/C23H21ClO4S/c1-23(24,22(25)28-16-17-6-4-3-5-7-17)20-12-8-18(9-13-20)19-10-14-21(15-11-19)29(2,26)27/h3-15H,16H2,1-2H3. The summed E-state index contributed by atoms with van der Waals surface area (Å²) in [5.41, 5.74) is 3.26. The first-order valence-corrected chi connectivity index (χ1v) is 11.3. The minimum absolute atomic E-state index is 0.159. The minimum atomic E-state index is -3.23. The van der Waals surface area contributed by atoms with Gasteiger partial charge in [0, 0.05) is 6.26 Å². The van der Waals surface area contributed by atoms with Gasteiger partial charge in [-0.05, 0) is 41.3 Å². The Bertz CT molecular complexity index is 1090. The number of carbonyl (C=O) groups excluding carboxylic acids is 1. The Morgan fingerprint density at radius 1 is 0.897 bits per heavy atom. The molecule has 0 saturated carbocycles. The van der Waals surface area contributed by atoms with Gasteiger partial charge in [0.25, 0.3) is 0 Å². The first kappa shape index (κ1) is 21.1. The van der Waals surface area contributed by atoms with Crippen LogP contribution in [-0.4, -0.2) is 20.6 Å². The molecule has 0 aliphatic carbocycles. The first-order valence-electron chi connectivity index (χ1n) is 8.99. The molecule has 150 valence electrons. The third-order valence-electron chi connectivity index (χ3n) is 4.64. The van der Waals surface area contributed by atoms with Gasteiger partial charge in [0.05, 0.1) is 4.90 Å². The molecule has 0 saturated heterocycles. The van der Waals surface area contributed by atoms with Crippen LogP contribution >= 0.6 is 11.6 Å². The van der Waals surface area contributed by atoms with Gasteiger partial charge in [-0.2, -0.15) is 0 Å². The average molecular weight is 429 g/mol. The fourth-order valence-corrected chi connectivity index (χ4v) is 3.66. The summed E-state index contributed by atoms with van der Waals surface area (Å²) in [6.07, 6.45) is 1.18. The second kappa shape index (κ2) is 8.39. The van der Waals surface area contributed by atoms with Crippen molar-refractivity contribution < 1.29 is 17.9 Å². The molecule has 0 aliphatic heterocycles. The molecule has 0 fully saturated rings. The van der Waals surface area contributed by atoms with Gasteiger partial charge in [-0.1, -0.05) is 66.7 Å². The summed E-state index contributed by atoms with van der Waals surface area (Å²) in [5, 5.41) is 0. The number of benzene rings is 3. The monoisotopic (exact) mass is 428 g/mol. The molecule has 0 N–H and O–H groups in total. The van der Waals surface area contributed by atoms with Crippen molar-refractivity contribution >= 4 is 27.4 Å². The van der Waals surface area contributed by atoms with Crippen molar-refractivity contribution in [1.82, 2.24) is 0 Å². The van der Waals surface area contributed by atoms with E-state index in [4.69, 9.17) is 16.3 Å². The summed E-state index contributed by atoms with van der Waals surface area (Å²) in [6.45, 7) is 1.77. The van der Waals surface area contributed by atoms with Crippen molar-refractivity contribution in [2.75, 3.05) is 6.26 Å². The number of rotatable bonds is 6. The van der Waals surface area contributed by atoms with Crippen LogP contribution in [0.25, 0.3) is 11.1 Å². The molecule has 3 rings (SSSR count). The summed E-state index contributed by atoms with van der Waals surface area (Å²) in [6, 6.07) is 23.3. The number of halogens is 1. The molecule has 4 nitrogen and oxygen atoms in total. The second-order valence-corrected chi connectivity index (χ2v) is 9.71. The van der Waals surface area contributed by atoms with Crippen molar-refractivity contribution in [3.05, 3.63) is 90.0 Å². The van der Waals surface area contributed by atoms with Crippen LogP contribution in [0.15, 0.2) is 83.8 Å². The number of hydrogen-bond acceptors (Lipinski definition) is 4.